The van der Waals surface area contributed by atoms with Crippen molar-refractivity contribution in [2.24, 2.45) is 0 Å². The Balaban J connectivity index is 1.57. The molecule has 0 spiro atoms. The zero-order valence-electron chi connectivity index (χ0n) is 17.0. The summed E-state index contributed by atoms with van der Waals surface area (Å²) in [5, 5.41) is 3.49. The fourth-order valence-electron chi connectivity index (χ4n) is 3.36. The highest BCUT2D eigenvalue weighted by molar-refractivity contribution is 7.92. The Labute approximate surface area is 181 Å². The monoisotopic (exact) mass is 437 g/mol. The van der Waals surface area contributed by atoms with E-state index in [-0.39, 0.29) is 12.8 Å². The number of anilines is 2. The van der Waals surface area contributed by atoms with Gasteiger partial charge in [0.2, 0.25) is 16.8 Å². The molecule has 0 fully saturated rings. The first-order valence-electron chi connectivity index (χ1n) is 9.74. The number of nitrogens with one attached hydrogen (secondary N) is 2. The number of sulfonamides is 1. The molecule has 0 aliphatic carbocycles. The molecule has 1 unspecified atom stereocenters. The van der Waals surface area contributed by atoms with Crippen molar-refractivity contribution < 1.29 is 17.9 Å². The first kappa shape index (κ1) is 20.7. The second-order valence-electron chi connectivity index (χ2n) is 7.25. The summed E-state index contributed by atoms with van der Waals surface area (Å²) in [6.45, 7) is 0.209. The van der Waals surface area contributed by atoms with Crippen LogP contribution in [-0.2, 0) is 25.9 Å². The van der Waals surface area contributed by atoms with Gasteiger partial charge in [-0.1, -0.05) is 42.5 Å². The van der Waals surface area contributed by atoms with Gasteiger partial charge in [-0.2, -0.15) is 0 Å². The maximum Gasteiger partial charge on any atom is 0.229 e. The Morgan fingerprint density at radius 1 is 1.00 bits per heavy atom. The largest absolute Gasteiger partial charge is 0.462 e. The number of rotatable bonds is 8. The van der Waals surface area contributed by atoms with Gasteiger partial charge in [-0.25, -0.2) is 8.42 Å². The maximum absolute atomic E-state index is 11.5. The van der Waals surface area contributed by atoms with E-state index in [1.165, 1.54) is 5.56 Å². The second kappa shape index (κ2) is 9.09. The number of nitrogens with zero attached hydrogens (tertiary/aromatic N) is 1. The molecule has 8 heteroatoms. The molecule has 0 radical (unpaired) electrons. The third kappa shape index (κ3) is 5.76. The summed E-state index contributed by atoms with van der Waals surface area (Å²) in [5.74, 6) is 0.730. The molecule has 0 saturated heterocycles. The zero-order chi connectivity index (χ0) is 21.7. The molecule has 0 amide bonds. The van der Waals surface area contributed by atoms with Crippen LogP contribution in [-0.4, -0.2) is 32.5 Å². The summed E-state index contributed by atoms with van der Waals surface area (Å²) in [6.07, 6.45) is 6.97. The first-order valence-corrected chi connectivity index (χ1v) is 11.6. The summed E-state index contributed by atoms with van der Waals surface area (Å²) >= 11 is 0. The number of benzene rings is 2. The molecule has 1 atom stereocenters. The number of hydrogen-bond acceptors (Lipinski definition) is 6. The van der Waals surface area contributed by atoms with Crippen LogP contribution in [0.3, 0.4) is 0 Å². The fourth-order valence-corrected chi connectivity index (χ4v) is 3.92. The summed E-state index contributed by atoms with van der Waals surface area (Å²) < 4.78 is 36.5. The molecule has 2 aromatic carbocycles. The van der Waals surface area contributed by atoms with Gasteiger partial charge in [0.25, 0.3) is 0 Å². The molecule has 31 heavy (non-hydrogen) atoms. The highest BCUT2D eigenvalue weighted by Crippen LogP contribution is 2.26. The highest BCUT2D eigenvalue weighted by Gasteiger charge is 2.21. The van der Waals surface area contributed by atoms with Crippen LogP contribution in [0.4, 0.5) is 11.4 Å². The molecule has 3 aromatic rings. The molecule has 2 heterocycles. The zero-order valence-corrected chi connectivity index (χ0v) is 17.8. The Kier molecular flexibility index (Phi) is 6.08. The van der Waals surface area contributed by atoms with Crippen molar-refractivity contribution in [3.05, 3.63) is 90.6 Å². The molecule has 160 valence electrons. The lowest BCUT2D eigenvalue weighted by atomic mass is 10.0. The fraction of sp³-hybridized carbons (Fsp3) is 0.174. The van der Waals surface area contributed by atoms with Gasteiger partial charge < -0.3 is 14.8 Å². The average Bonchev–Trinajstić information content (AvgIpc) is 3.28. The minimum Gasteiger partial charge on any atom is -0.462 e. The van der Waals surface area contributed by atoms with Crippen molar-refractivity contribution in [2.45, 2.75) is 12.5 Å². The van der Waals surface area contributed by atoms with Crippen LogP contribution < -0.4 is 10.0 Å². The van der Waals surface area contributed by atoms with Crippen molar-refractivity contribution in [2.75, 3.05) is 23.1 Å². The molecular formula is C23H23N3O4S. The van der Waals surface area contributed by atoms with E-state index in [1.54, 1.807) is 36.9 Å². The normalized spacial score (nSPS) is 14.2. The highest BCUT2D eigenvalue weighted by atomic mass is 32.2. The van der Waals surface area contributed by atoms with Crippen LogP contribution in [0.15, 0.2) is 85.1 Å². The molecule has 1 aliphatic rings. The minimum absolute atomic E-state index is 0.125. The van der Waals surface area contributed by atoms with Crippen LogP contribution in [0.2, 0.25) is 0 Å². The van der Waals surface area contributed by atoms with Crippen LogP contribution in [0.1, 0.15) is 5.56 Å². The van der Waals surface area contributed by atoms with Crippen LogP contribution in [0.5, 0.6) is 0 Å². The smallest absolute Gasteiger partial charge is 0.229 e. The van der Waals surface area contributed by atoms with Crippen molar-refractivity contribution in [3.63, 3.8) is 0 Å². The minimum atomic E-state index is -3.35. The van der Waals surface area contributed by atoms with Gasteiger partial charge in [0.15, 0.2) is 5.76 Å². The van der Waals surface area contributed by atoms with Gasteiger partial charge in [0, 0.05) is 23.6 Å². The molecular weight excluding hydrogens is 414 g/mol. The van der Waals surface area contributed by atoms with E-state index < -0.39 is 10.0 Å². The van der Waals surface area contributed by atoms with E-state index in [9.17, 15) is 8.42 Å². The topological polar surface area (TPSA) is 89.6 Å². The van der Waals surface area contributed by atoms with E-state index in [1.807, 2.05) is 30.3 Å². The SMILES string of the molecule is CS(=O)(=O)Nc1cccc(-c2cncc(NC(Cc3ccccc3)C3=COCO3)c2)c1. The molecule has 0 bridgehead atoms. The number of pyridine rings is 1. The second-order valence-corrected chi connectivity index (χ2v) is 9.00. The third-order valence-corrected chi connectivity index (χ3v) is 5.30. The van der Waals surface area contributed by atoms with Gasteiger partial charge in [0.05, 0.1) is 18.0 Å². The molecule has 0 saturated carbocycles. The van der Waals surface area contributed by atoms with E-state index in [0.29, 0.717) is 12.1 Å². The summed E-state index contributed by atoms with van der Waals surface area (Å²) in [7, 11) is -3.35. The van der Waals surface area contributed by atoms with E-state index >= 15 is 0 Å². The van der Waals surface area contributed by atoms with Crippen molar-refractivity contribution >= 4 is 21.4 Å². The molecule has 1 aromatic heterocycles. The number of hydrogen-bond donors (Lipinski definition) is 2. The lowest BCUT2D eigenvalue weighted by Crippen LogP contribution is -2.25. The van der Waals surface area contributed by atoms with Gasteiger partial charge >= 0.3 is 0 Å². The first-order chi connectivity index (χ1) is 15.0. The van der Waals surface area contributed by atoms with E-state index in [2.05, 4.69) is 27.2 Å². The molecule has 1 aliphatic heterocycles. The third-order valence-electron chi connectivity index (χ3n) is 4.70. The Hall–Kier alpha value is -3.52. The van der Waals surface area contributed by atoms with Gasteiger partial charge in [-0.05, 0) is 35.7 Å². The number of ether oxygens (including phenoxy) is 2. The summed E-state index contributed by atoms with van der Waals surface area (Å²) in [5.41, 5.74) is 4.20. The van der Waals surface area contributed by atoms with Crippen LogP contribution >= 0.6 is 0 Å². The maximum atomic E-state index is 11.5. The average molecular weight is 438 g/mol. The van der Waals surface area contributed by atoms with Gasteiger partial charge in [-0.15, -0.1) is 0 Å². The predicted octanol–water partition coefficient (Wildman–Crippen LogP) is 3.99. The van der Waals surface area contributed by atoms with Crippen LogP contribution in [0.25, 0.3) is 11.1 Å². The Morgan fingerprint density at radius 2 is 1.81 bits per heavy atom. The Bertz CT molecular complexity index is 1180. The van der Waals surface area contributed by atoms with E-state index in [4.69, 9.17) is 9.47 Å². The quantitative estimate of drug-likeness (QED) is 0.554. The van der Waals surface area contributed by atoms with Crippen molar-refractivity contribution in [1.29, 1.82) is 0 Å². The predicted molar refractivity (Wildman–Crippen MR) is 121 cm³/mol. The molecule has 7 nitrogen and oxygen atoms in total. The van der Waals surface area contributed by atoms with Gasteiger partial charge in [0.1, 0.15) is 6.26 Å². The van der Waals surface area contributed by atoms with Gasteiger partial charge in [-0.3, -0.25) is 9.71 Å². The van der Waals surface area contributed by atoms with E-state index in [0.717, 1.165) is 28.8 Å². The standard InChI is InChI=1S/C23H23N3O4S/c1-31(27,28)26-20-9-5-8-18(11-20)19-12-21(14-24-13-19)25-22(23-15-29-16-30-23)10-17-6-3-2-4-7-17/h2-9,11-15,22,25-26H,10,16H2,1H3. The Morgan fingerprint density at radius 3 is 2.55 bits per heavy atom. The van der Waals surface area contributed by atoms with Crippen molar-refractivity contribution in [1.82, 2.24) is 4.98 Å². The summed E-state index contributed by atoms with van der Waals surface area (Å²) in [4.78, 5) is 4.36. The molecule has 4 rings (SSSR count). The molecule has 2 N–H and O–H groups in total. The lowest BCUT2D eigenvalue weighted by molar-refractivity contribution is 0.0764. The van der Waals surface area contributed by atoms with Crippen LogP contribution in [0, 0.1) is 0 Å². The lowest BCUT2D eigenvalue weighted by Gasteiger charge is -2.20. The van der Waals surface area contributed by atoms with Crippen molar-refractivity contribution in [3.8, 4) is 11.1 Å². The number of aromatic nitrogens is 1. The summed E-state index contributed by atoms with van der Waals surface area (Å²) in [6, 6.07) is 19.2.